The smallest absolute Gasteiger partial charge is 0.341 e. The van der Waals surface area contributed by atoms with Crippen LogP contribution in [-0.2, 0) is 4.74 Å². The molecule has 5 nitrogen and oxygen atoms in total. The zero-order valence-electron chi connectivity index (χ0n) is 11.2. The van der Waals surface area contributed by atoms with Gasteiger partial charge in [0.2, 0.25) is 0 Å². The van der Waals surface area contributed by atoms with Crippen molar-refractivity contribution in [2.24, 2.45) is 0 Å². The Kier molecular flexibility index (Phi) is 5.90. The summed E-state index contributed by atoms with van der Waals surface area (Å²) in [5.74, 6) is 0.111. The molecule has 0 atom stereocenters. The lowest BCUT2D eigenvalue weighted by atomic mass is 10.2. The van der Waals surface area contributed by atoms with Crippen LogP contribution >= 0.6 is 0 Å². The van der Waals surface area contributed by atoms with Crippen molar-refractivity contribution in [2.75, 3.05) is 14.2 Å². The molecule has 2 aromatic rings. The van der Waals surface area contributed by atoms with Gasteiger partial charge in [-0.3, -0.25) is 0 Å². The molecular weight excluding hydrogens is 260 g/mol. The fourth-order valence-electron chi connectivity index (χ4n) is 1.39. The van der Waals surface area contributed by atoms with Crippen LogP contribution in [0.25, 0.3) is 0 Å². The summed E-state index contributed by atoms with van der Waals surface area (Å²) in [7, 11) is 2.80. The Morgan fingerprint density at radius 3 is 1.90 bits per heavy atom. The quantitative estimate of drug-likeness (QED) is 0.824. The van der Waals surface area contributed by atoms with Crippen LogP contribution in [0.4, 0.5) is 0 Å². The number of esters is 1. The van der Waals surface area contributed by atoms with Gasteiger partial charge in [0.25, 0.3) is 0 Å². The van der Waals surface area contributed by atoms with Crippen LogP contribution in [0.2, 0.25) is 0 Å². The summed E-state index contributed by atoms with van der Waals surface area (Å²) in [4.78, 5) is 10.9. The number of hydrogen-bond donors (Lipinski definition) is 2. The van der Waals surface area contributed by atoms with Gasteiger partial charge in [0.05, 0.1) is 14.2 Å². The molecule has 0 unspecified atom stereocenters. The Morgan fingerprint density at radius 2 is 1.45 bits per heavy atom. The molecule has 0 heterocycles. The Balaban J connectivity index is 0.000000204. The van der Waals surface area contributed by atoms with Crippen LogP contribution in [0.15, 0.2) is 48.5 Å². The maximum absolute atomic E-state index is 10.9. The Morgan fingerprint density at radius 1 is 0.900 bits per heavy atom. The topological polar surface area (TPSA) is 76.0 Å². The van der Waals surface area contributed by atoms with E-state index in [0.29, 0.717) is 5.75 Å². The Labute approximate surface area is 117 Å². The lowest BCUT2D eigenvalue weighted by molar-refractivity contribution is 0.0597. The highest BCUT2D eigenvalue weighted by atomic mass is 16.5. The number of ether oxygens (including phenoxy) is 2. The number of phenolic OH excluding ortho intramolecular Hbond substituents is 2. The first-order chi connectivity index (χ1) is 9.60. The van der Waals surface area contributed by atoms with E-state index in [4.69, 9.17) is 14.9 Å². The monoisotopic (exact) mass is 276 g/mol. The van der Waals surface area contributed by atoms with E-state index in [1.807, 2.05) is 0 Å². The minimum Gasteiger partial charge on any atom is -0.507 e. The maximum Gasteiger partial charge on any atom is 0.341 e. The molecule has 0 saturated heterocycles. The van der Waals surface area contributed by atoms with Crippen molar-refractivity contribution in [3.05, 3.63) is 54.1 Å². The van der Waals surface area contributed by atoms with E-state index >= 15 is 0 Å². The second kappa shape index (κ2) is 7.68. The van der Waals surface area contributed by atoms with Crippen LogP contribution in [0.5, 0.6) is 17.2 Å². The Bertz CT molecular complexity index is 566. The molecule has 2 rings (SSSR count). The molecule has 106 valence electrons. The maximum atomic E-state index is 10.9. The first-order valence-electron chi connectivity index (χ1n) is 5.78. The minimum absolute atomic E-state index is 0.0562. The number of para-hydroxylation sites is 3. The van der Waals surface area contributed by atoms with Crippen molar-refractivity contribution in [1.82, 2.24) is 0 Å². The van der Waals surface area contributed by atoms with Gasteiger partial charge < -0.3 is 19.7 Å². The van der Waals surface area contributed by atoms with Crippen LogP contribution in [0.3, 0.4) is 0 Å². The highest BCUT2D eigenvalue weighted by Gasteiger charge is 2.08. The van der Waals surface area contributed by atoms with Gasteiger partial charge in [-0.15, -0.1) is 0 Å². The summed E-state index contributed by atoms with van der Waals surface area (Å²) in [5, 5.41) is 18.1. The third-order valence-corrected chi connectivity index (χ3v) is 2.39. The average molecular weight is 276 g/mol. The number of hydrogen-bond acceptors (Lipinski definition) is 5. The van der Waals surface area contributed by atoms with E-state index in [1.54, 1.807) is 36.4 Å². The summed E-state index contributed by atoms with van der Waals surface area (Å²) in [6.07, 6.45) is 0. The highest BCUT2D eigenvalue weighted by molar-refractivity contribution is 5.92. The molecule has 0 aliphatic heterocycles. The van der Waals surface area contributed by atoms with E-state index in [0.717, 1.165) is 0 Å². The van der Waals surface area contributed by atoms with E-state index in [2.05, 4.69) is 4.74 Å². The molecule has 0 amide bonds. The summed E-state index contributed by atoms with van der Waals surface area (Å²) in [5.41, 5.74) is 0.190. The molecule has 20 heavy (non-hydrogen) atoms. The molecular formula is C15H16O5. The van der Waals surface area contributed by atoms with Crippen LogP contribution < -0.4 is 4.74 Å². The number of rotatable bonds is 2. The molecule has 5 heteroatoms. The fourth-order valence-corrected chi connectivity index (χ4v) is 1.39. The first kappa shape index (κ1) is 15.4. The highest BCUT2D eigenvalue weighted by Crippen LogP contribution is 2.23. The van der Waals surface area contributed by atoms with Gasteiger partial charge in [0.15, 0.2) is 11.5 Å². The molecule has 0 bridgehead atoms. The second-order valence-corrected chi connectivity index (χ2v) is 3.68. The van der Waals surface area contributed by atoms with Crippen molar-refractivity contribution in [3.8, 4) is 17.2 Å². The van der Waals surface area contributed by atoms with Crippen molar-refractivity contribution >= 4 is 5.97 Å². The van der Waals surface area contributed by atoms with E-state index in [1.165, 1.54) is 26.4 Å². The molecule has 0 fully saturated rings. The lowest BCUT2D eigenvalue weighted by Crippen LogP contribution is -2.00. The van der Waals surface area contributed by atoms with Gasteiger partial charge in [0.1, 0.15) is 11.3 Å². The molecule has 0 radical (unpaired) electrons. The SMILES string of the molecule is COC(=O)c1ccccc1O.COc1ccccc1O. The molecule has 0 saturated carbocycles. The van der Waals surface area contributed by atoms with Gasteiger partial charge >= 0.3 is 5.97 Å². The van der Waals surface area contributed by atoms with Crippen molar-refractivity contribution in [1.29, 1.82) is 0 Å². The number of benzene rings is 2. The van der Waals surface area contributed by atoms with E-state index < -0.39 is 5.97 Å². The third-order valence-electron chi connectivity index (χ3n) is 2.39. The zero-order valence-corrected chi connectivity index (χ0v) is 11.2. The first-order valence-corrected chi connectivity index (χ1v) is 5.78. The number of phenols is 2. The zero-order chi connectivity index (χ0) is 15.0. The van der Waals surface area contributed by atoms with Crippen molar-refractivity contribution in [2.45, 2.75) is 0 Å². The predicted molar refractivity (Wildman–Crippen MR) is 74.1 cm³/mol. The Hall–Kier alpha value is -2.69. The van der Waals surface area contributed by atoms with Crippen LogP contribution in [0.1, 0.15) is 10.4 Å². The summed E-state index contributed by atoms with van der Waals surface area (Å²) < 4.78 is 9.21. The number of aromatic hydroxyl groups is 2. The number of carbonyl (C=O) groups is 1. The molecule has 0 spiro atoms. The molecule has 0 aromatic heterocycles. The fraction of sp³-hybridized carbons (Fsp3) is 0.133. The molecule has 2 aromatic carbocycles. The lowest BCUT2D eigenvalue weighted by Gasteiger charge is -1.99. The largest absolute Gasteiger partial charge is 0.507 e. The average Bonchev–Trinajstić information content (AvgIpc) is 2.48. The standard InChI is InChI=1S/C8H8O3.C7H8O2/c1-11-8(10)6-4-2-3-5-7(6)9;1-9-7-5-3-2-4-6(7)8/h2-5,9H,1H3;2-5,8H,1H3. The van der Waals surface area contributed by atoms with E-state index in [-0.39, 0.29) is 17.1 Å². The van der Waals surface area contributed by atoms with Crippen LogP contribution in [0, 0.1) is 0 Å². The summed E-state index contributed by atoms with van der Waals surface area (Å²) in [6, 6.07) is 13.1. The number of carbonyl (C=O) groups excluding carboxylic acids is 1. The summed E-state index contributed by atoms with van der Waals surface area (Å²) in [6.45, 7) is 0. The van der Waals surface area contributed by atoms with Gasteiger partial charge in [-0.1, -0.05) is 24.3 Å². The molecule has 2 N–H and O–H groups in total. The summed E-state index contributed by atoms with van der Waals surface area (Å²) >= 11 is 0. The van der Waals surface area contributed by atoms with E-state index in [9.17, 15) is 4.79 Å². The molecule has 0 aliphatic carbocycles. The minimum atomic E-state index is -0.525. The third kappa shape index (κ3) is 4.20. The van der Waals surface area contributed by atoms with Gasteiger partial charge in [0, 0.05) is 0 Å². The van der Waals surface area contributed by atoms with Crippen molar-refractivity contribution in [3.63, 3.8) is 0 Å². The van der Waals surface area contributed by atoms with Gasteiger partial charge in [-0.2, -0.15) is 0 Å². The van der Waals surface area contributed by atoms with Gasteiger partial charge in [-0.05, 0) is 24.3 Å². The van der Waals surface area contributed by atoms with Crippen LogP contribution in [-0.4, -0.2) is 30.4 Å². The predicted octanol–water partition coefficient (Wildman–Crippen LogP) is 2.58. The van der Waals surface area contributed by atoms with Gasteiger partial charge in [-0.25, -0.2) is 4.79 Å². The van der Waals surface area contributed by atoms with Crippen molar-refractivity contribution < 1.29 is 24.5 Å². The number of methoxy groups -OCH3 is 2. The second-order valence-electron chi connectivity index (χ2n) is 3.68. The molecule has 0 aliphatic rings. The normalized spacial score (nSPS) is 9.10.